The Labute approximate surface area is 214 Å². The van der Waals surface area contributed by atoms with E-state index in [-0.39, 0.29) is 5.92 Å². The minimum atomic E-state index is -3.67. The number of ether oxygens (including phenoxy) is 3. The highest BCUT2D eigenvalue weighted by Crippen LogP contribution is 2.34. The van der Waals surface area contributed by atoms with Crippen molar-refractivity contribution in [2.75, 3.05) is 12.9 Å². The molecule has 7 heteroatoms. The molecule has 0 heterocycles. The summed E-state index contributed by atoms with van der Waals surface area (Å²) in [5.74, 6) is 0.0256. The van der Waals surface area contributed by atoms with Gasteiger partial charge in [-0.3, -0.25) is 4.18 Å². The highest BCUT2D eigenvalue weighted by Gasteiger charge is 2.43. The number of rotatable bonds is 12. The largest absolute Gasteiger partial charge is 0.376 e. The molecule has 0 spiro atoms. The Hall–Kier alpha value is -2.55. The van der Waals surface area contributed by atoms with Gasteiger partial charge in [0, 0.05) is 5.92 Å². The lowest BCUT2D eigenvalue weighted by atomic mass is 9.82. The monoisotopic (exact) mass is 510 g/mol. The zero-order valence-corrected chi connectivity index (χ0v) is 21.4. The highest BCUT2D eigenvalue weighted by atomic mass is 32.2. The predicted molar refractivity (Wildman–Crippen MR) is 139 cm³/mol. The Balaban J connectivity index is 1.52. The SMILES string of the molecule is CS(=O)(=O)O[C@@H]1CC[C@H](COCc2ccccc2)[C@H](OCc2ccccc2)[C@@H]1OCc1ccccc1. The van der Waals surface area contributed by atoms with Gasteiger partial charge in [0.2, 0.25) is 0 Å². The van der Waals surface area contributed by atoms with Gasteiger partial charge < -0.3 is 14.2 Å². The summed E-state index contributed by atoms with van der Waals surface area (Å²) < 4.78 is 48.6. The fraction of sp³-hybridized carbons (Fsp3) is 0.379. The smallest absolute Gasteiger partial charge is 0.264 e. The fourth-order valence-corrected chi connectivity index (χ4v) is 5.22. The summed E-state index contributed by atoms with van der Waals surface area (Å²) in [5.41, 5.74) is 3.14. The Bertz CT molecular complexity index is 1140. The molecule has 0 aliphatic heterocycles. The molecule has 4 atom stereocenters. The summed E-state index contributed by atoms with van der Waals surface area (Å²) in [5, 5.41) is 0. The molecule has 6 nitrogen and oxygen atoms in total. The van der Waals surface area contributed by atoms with Gasteiger partial charge in [-0.2, -0.15) is 8.42 Å². The van der Waals surface area contributed by atoms with Crippen LogP contribution in [0, 0.1) is 5.92 Å². The van der Waals surface area contributed by atoms with Crippen molar-refractivity contribution < 1.29 is 26.8 Å². The van der Waals surface area contributed by atoms with Crippen LogP contribution in [0.4, 0.5) is 0 Å². The van der Waals surface area contributed by atoms with E-state index in [1.165, 1.54) is 0 Å². The molecule has 1 saturated carbocycles. The van der Waals surface area contributed by atoms with Crippen molar-refractivity contribution in [3.63, 3.8) is 0 Å². The van der Waals surface area contributed by atoms with Crippen molar-refractivity contribution in [2.24, 2.45) is 5.92 Å². The Kier molecular flexibility index (Phi) is 9.67. The molecule has 0 bridgehead atoms. The number of hydrogen-bond acceptors (Lipinski definition) is 6. The highest BCUT2D eigenvalue weighted by molar-refractivity contribution is 7.86. The van der Waals surface area contributed by atoms with Crippen LogP contribution in [0.3, 0.4) is 0 Å². The minimum absolute atomic E-state index is 0.0256. The summed E-state index contributed by atoms with van der Waals surface area (Å²) in [6.07, 6.45) is 0.732. The quantitative estimate of drug-likeness (QED) is 0.315. The van der Waals surface area contributed by atoms with Crippen LogP contribution in [0.1, 0.15) is 29.5 Å². The average molecular weight is 511 g/mol. The maximum absolute atomic E-state index is 12.1. The summed E-state index contributed by atoms with van der Waals surface area (Å²) in [4.78, 5) is 0. The number of benzene rings is 3. The van der Waals surface area contributed by atoms with Gasteiger partial charge in [0.1, 0.15) is 12.2 Å². The van der Waals surface area contributed by atoms with Crippen molar-refractivity contribution >= 4 is 10.1 Å². The second kappa shape index (κ2) is 13.1. The molecule has 3 aromatic carbocycles. The van der Waals surface area contributed by atoms with Gasteiger partial charge in [-0.25, -0.2) is 0 Å². The average Bonchev–Trinajstić information content (AvgIpc) is 2.88. The van der Waals surface area contributed by atoms with Crippen LogP contribution in [0.2, 0.25) is 0 Å². The predicted octanol–water partition coefficient (Wildman–Crippen LogP) is 5.13. The summed E-state index contributed by atoms with van der Waals surface area (Å²) in [6.45, 7) is 1.70. The van der Waals surface area contributed by atoms with Crippen LogP contribution < -0.4 is 0 Å². The molecule has 1 fully saturated rings. The molecule has 0 aromatic heterocycles. The maximum atomic E-state index is 12.1. The van der Waals surface area contributed by atoms with E-state index in [0.717, 1.165) is 22.9 Å². The van der Waals surface area contributed by atoms with E-state index in [1.807, 2.05) is 91.0 Å². The first-order valence-corrected chi connectivity index (χ1v) is 14.1. The van der Waals surface area contributed by atoms with Gasteiger partial charge in [0.15, 0.2) is 0 Å². The third-order valence-corrected chi connectivity index (χ3v) is 6.89. The van der Waals surface area contributed by atoms with E-state index in [1.54, 1.807) is 0 Å². The Morgan fingerprint density at radius 1 is 0.667 bits per heavy atom. The van der Waals surface area contributed by atoms with Gasteiger partial charge >= 0.3 is 0 Å². The molecule has 3 aromatic rings. The van der Waals surface area contributed by atoms with Crippen LogP contribution in [-0.4, -0.2) is 39.6 Å². The van der Waals surface area contributed by atoms with E-state index in [9.17, 15) is 8.42 Å². The van der Waals surface area contributed by atoms with Gasteiger partial charge in [0.25, 0.3) is 10.1 Å². The molecule has 0 amide bonds. The third kappa shape index (κ3) is 8.25. The molecule has 1 aliphatic carbocycles. The first-order chi connectivity index (χ1) is 17.5. The molecule has 0 saturated heterocycles. The van der Waals surface area contributed by atoms with Gasteiger partial charge in [-0.15, -0.1) is 0 Å². The second-order valence-electron chi connectivity index (χ2n) is 9.20. The van der Waals surface area contributed by atoms with Crippen molar-refractivity contribution in [3.8, 4) is 0 Å². The summed E-state index contributed by atoms with van der Waals surface area (Å²) in [7, 11) is -3.67. The molecule has 0 N–H and O–H groups in total. The van der Waals surface area contributed by atoms with Gasteiger partial charge in [-0.1, -0.05) is 91.0 Å². The molecule has 36 heavy (non-hydrogen) atoms. The first kappa shape index (κ1) is 26.5. The zero-order chi connectivity index (χ0) is 25.2. The molecule has 1 aliphatic rings. The lowest BCUT2D eigenvalue weighted by Crippen LogP contribution is -2.52. The minimum Gasteiger partial charge on any atom is -0.376 e. The molecule has 4 rings (SSSR count). The maximum Gasteiger partial charge on any atom is 0.264 e. The van der Waals surface area contributed by atoms with Gasteiger partial charge in [0.05, 0.1) is 38.8 Å². The van der Waals surface area contributed by atoms with E-state index < -0.39 is 28.4 Å². The Morgan fingerprint density at radius 2 is 1.14 bits per heavy atom. The van der Waals surface area contributed by atoms with Crippen LogP contribution >= 0.6 is 0 Å². The number of hydrogen-bond donors (Lipinski definition) is 0. The van der Waals surface area contributed by atoms with E-state index >= 15 is 0 Å². The van der Waals surface area contributed by atoms with Crippen molar-refractivity contribution in [1.82, 2.24) is 0 Å². The zero-order valence-electron chi connectivity index (χ0n) is 20.6. The normalized spacial score (nSPS) is 22.4. The van der Waals surface area contributed by atoms with Crippen molar-refractivity contribution in [2.45, 2.75) is 51.0 Å². The van der Waals surface area contributed by atoms with Crippen LogP contribution in [-0.2, 0) is 48.3 Å². The standard InChI is InChI=1S/C29H34O6S/c1-36(30,31)35-27-18-17-26(22-32-19-23-11-5-2-6-12-23)28(33-20-24-13-7-3-8-14-24)29(27)34-21-25-15-9-4-10-16-25/h2-16,26-29H,17-22H2,1H3/t26-,27-,28+,29-/m1/s1. The van der Waals surface area contributed by atoms with Crippen molar-refractivity contribution in [1.29, 1.82) is 0 Å². The van der Waals surface area contributed by atoms with E-state index in [0.29, 0.717) is 39.3 Å². The van der Waals surface area contributed by atoms with E-state index in [4.69, 9.17) is 18.4 Å². The molecule has 0 unspecified atom stereocenters. The Morgan fingerprint density at radius 3 is 1.64 bits per heavy atom. The molecular weight excluding hydrogens is 476 g/mol. The molecule has 0 radical (unpaired) electrons. The summed E-state index contributed by atoms with van der Waals surface area (Å²) in [6, 6.07) is 29.8. The topological polar surface area (TPSA) is 71.1 Å². The molecule has 192 valence electrons. The van der Waals surface area contributed by atoms with Crippen molar-refractivity contribution in [3.05, 3.63) is 108 Å². The van der Waals surface area contributed by atoms with Crippen LogP contribution in [0.15, 0.2) is 91.0 Å². The molecular formula is C29H34O6S. The van der Waals surface area contributed by atoms with Gasteiger partial charge in [-0.05, 0) is 29.5 Å². The van der Waals surface area contributed by atoms with Crippen LogP contribution in [0.25, 0.3) is 0 Å². The second-order valence-corrected chi connectivity index (χ2v) is 10.8. The first-order valence-electron chi connectivity index (χ1n) is 12.3. The van der Waals surface area contributed by atoms with Crippen LogP contribution in [0.5, 0.6) is 0 Å². The summed E-state index contributed by atoms with van der Waals surface area (Å²) >= 11 is 0. The fourth-order valence-electron chi connectivity index (χ4n) is 4.56. The lowest BCUT2D eigenvalue weighted by Gasteiger charge is -2.41. The van der Waals surface area contributed by atoms with E-state index in [2.05, 4.69) is 0 Å². The third-order valence-electron chi connectivity index (χ3n) is 6.29. The lowest BCUT2D eigenvalue weighted by molar-refractivity contribution is -0.173.